The molecule has 4 aromatic rings. The van der Waals surface area contributed by atoms with Gasteiger partial charge in [-0.1, -0.05) is 62.4 Å². The normalized spacial score (nSPS) is 23.8. The van der Waals surface area contributed by atoms with E-state index in [-0.39, 0.29) is 29.7 Å². The number of carbonyl (C=O) groups is 3. The topological polar surface area (TPSA) is 153 Å². The Morgan fingerprint density at radius 2 is 1.40 bits per heavy atom. The average Bonchev–Trinajstić information content (AvgIpc) is 3.85. The van der Waals surface area contributed by atoms with Crippen LogP contribution in [0.5, 0.6) is 0 Å². The zero-order chi connectivity index (χ0) is 32.8. The van der Waals surface area contributed by atoms with Crippen LogP contribution in [0.25, 0.3) is 33.6 Å². The number of alkyl carbamates (subject to hydrolysis) is 1. The molecule has 4 N–H and O–H groups in total. The summed E-state index contributed by atoms with van der Waals surface area (Å²) in [5.41, 5.74) is 5.91. The number of likely N-dealkylation sites (tertiary alicyclic amines) is 1. The van der Waals surface area contributed by atoms with Crippen molar-refractivity contribution in [3.05, 3.63) is 72.6 Å². The van der Waals surface area contributed by atoms with E-state index in [1.807, 2.05) is 24.9 Å². The highest BCUT2D eigenvalue weighted by atomic mass is 16.5. The highest BCUT2D eigenvalue weighted by Crippen LogP contribution is 2.62. The van der Waals surface area contributed by atoms with Crippen LogP contribution in [0.2, 0.25) is 0 Å². The van der Waals surface area contributed by atoms with Crippen LogP contribution in [0.1, 0.15) is 63.1 Å². The van der Waals surface area contributed by atoms with E-state index in [0.29, 0.717) is 18.4 Å². The number of hydrogen-bond acceptors (Lipinski definition) is 6. The van der Waals surface area contributed by atoms with Crippen LogP contribution in [0.3, 0.4) is 0 Å². The molecule has 2 saturated carbocycles. The van der Waals surface area contributed by atoms with Gasteiger partial charge in [0.25, 0.3) is 0 Å². The lowest BCUT2D eigenvalue weighted by atomic mass is 9.46. The number of aromatic nitrogens is 4. The molecule has 244 valence electrons. The van der Waals surface area contributed by atoms with Crippen molar-refractivity contribution in [1.29, 1.82) is 0 Å². The summed E-state index contributed by atoms with van der Waals surface area (Å²) in [5, 5.41) is 12.4. The van der Waals surface area contributed by atoms with Crippen molar-refractivity contribution < 1.29 is 24.2 Å². The molecule has 11 heteroatoms. The number of hydrogen-bond donors (Lipinski definition) is 4. The van der Waals surface area contributed by atoms with Crippen LogP contribution in [-0.4, -0.2) is 67.6 Å². The van der Waals surface area contributed by atoms with Crippen LogP contribution in [0, 0.1) is 23.7 Å². The summed E-state index contributed by atoms with van der Waals surface area (Å²) in [6.45, 7) is 4.41. The Balaban J connectivity index is 1.02. The second kappa shape index (κ2) is 12.4. The van der Waals surface area contributed by atoms with E-state index < -0.39 is 18.1 Å². The highest BCUT2D eigenvalue weighted by Gasteiger charge is 2.60. The third kappa shape index (κ3) is 5.57. The van der Waals surface area contributed by atoms with Crippen molar-refractivity contribution in [3.63, 3.8) is 0 Å². The maximum Gasteiger partial charge on any atom is 0.407 e. The fourth-order valence-electron chi connectivity index (χ4n) is 7.72. The number of aliphatic carboxylic acids is 1. The number of carboxylic acids is 1. The number of H-pyrrole nitrogens is 2. The van der Waals surface area contributed by atoms with Gasteiger partial charge in [0, 0.05) is 12.5 Å². The first-order chi connectivity index (χ1) is 22.7. The molecule has 2 amide bonds. The third-order valence-electron chi connectivity index (χ3n) is 10.5. The van der Waals surface area contributed by atoms with Crippen LogP contribution in [0.4, 0.5) is 4.79 Å². The summed E-state index contributed by atoms with van der Waals surface area (Å²) < 4.78 is 4.74. The minimum absolute atomic E-state index is 0.0177. The third-order valence-corrected chi connectivity index (χ3v) is 10.5. The van der Waals surface area contributed by atoms with E-state index in [0.717, 1.165) is 71.0 Å². The van der Waals surface area contributed by atoms with E-state index in [1.54, 1.807) is 6.20 Å². The SMILES string of the molecule is COC(=O)N[C@H](C(=O)N1CCC[C@H]1c1ncc(-c2ccc(-c3ccc(-c4cnc([C@H]5[C@H](C(=O)O)C6CC[C@@H]65)[nH]4)cc3)cc2)[nH]1)C(C)C. The molecule has 2 aliphatic carbocycles. The first-order valence-corrected chi connectivity index (χ1v) is 16.4. The van der Waals surface area contributed by atoms with Crippen LogP contribution >= 0.6 is 0 Å². The maximum atomic E-state index is 13.5. The van der Waals surface area contributed by atoms with Gasteiger partial charge in [0.2, 0.25) is 5.91 Å². The zero-order valence-electron chi connectivity index (χ0n) is 26.8. The second-order valence-electron chi connectivity index (χ2n) is 13.4. The first-order valence-electron chi connectivity index (χ1n) is 16.4. The average molecular weight is 637 g/mol. The van der Waals surface area contributed by atoms with Gasteiger partial charge in [-0.2, -0.15) is 0 Å². The molecule has 3 aliphatic rings. The van der Waals surface area contributed by atoms with Gasteiger partial charge in [-0.25, -0.2) is 14.8 Å². The van der Waals surface area contributed by atoms with E-state index in [2.05, 4.69) is 73.8 Å². The number of amides is 2. The molecule has 0 spiro atoms. The highest BCUT2D eigenvalue weighted by molar-refractivity contribution is 5.86. The van der Waals surface area contributed by atoms with E-state index in [1.165, 1.54) is 7.11 Å². The monoisotopic (exact) mass is 636 g/mol. The van der Waals surface area contributed by atoms with Gasteiger partial charge in [0.05, 0.1) is 42.9 Å². The molecule has 7 rings (SSSR count). The summed E-state index contributed by atoms with van der Waals surface area (Å²) in [5.74, 6) is 0.985. The molecule has 1 aliphatic heterocycles. The summed E-state index contributed by atoms with van der Waals surface area (Å²) in [7, 11) is 1.29. The number of ether oxygens (including phenoxy) is 1. The van der Waals surface area contributed by atoms with Crippen molar-refractivity contribution in [2.24, 2.45) is 23.7 Å². The standard InChI is InChI=1S/C36H40N6O5/c1-19(2)31(41-36(46)47-3)34(43)42-16-4-5-28(42)32-37-17-26(39-32)22-10-6-20(7-11-22)21-8-12-23(13-9-21)27-18-38-33(40-27)29-24-14-15-25(24)30(29)35(44)45/h6-13,17-19,24-25,28-31H,4-5,14-16H2,1-3H3,(H,37,39)(H,38,40)(H,41,46)(H,44,45)/t24-,25?,28-,29+,30+,31-/m0/s1. The summed E-state index contributed by atoms with van der Waals surface area (Å²) in [6.07, 6.45) is 6.74. The predicted octanol–water partition coefficient (Wildman–Crippen LogP) is 6.00. The van der Waals surface area contributed by atoms with Crippen molar-refractivity contribution in [1.82, 2.24) is 30.2 Å². The number of fused-ring (bicyclic) bond motifs is 1. The Hall–Kier alpha value is -4.93. The molecule has 3 fully saturated rings. The molecule has 2 aromatic carbocycles. The number of aromatic amines is 2. The van der Waals surface area contributed by atoms with Crippen molar-refractivity contribution >= 4 is 18.0 Å². The number of carboxylic acid groups (broad SMARTS) is 1. The lowest BCUT2D eigenvalue weighted by Crippen LogP contribution is -2.55. The van der Waals surface area contributed by atoms with Gasteiger partial charge < -0.3 is 30.0 Å². The molecule has 3 heterocycles. The van der Waals surface area contributed by atoms with Crippen molar-refractivity contribution in [2.45, 2.75) is 57.5 Å². The number of benzene rings is 2. The summed E-state index contributed by atoms with van der Waals surface area (Å²) >= 11 is 0. The number of nitrogens with one attached hydrogen (secondary N) is 3. The van der Waals surface area contributed by atoms with Gasteiger partial charge in [0.15, 0.2) is 0 Å². The molecule has 2 aromatic heterocycles. The number of rotatable bonds is 9. The molecule has 6 atom stereocenters. The Morgan fingerprint density at radius 3 is 1.94 bits per heavy atom. The smallest absolute Gasteiger partial charge is 0.407 e. The van der Waals surface area contributed by atoms with Crippen LogP contribution in [-0.2, 0) is 14.3 Å². The van der Waals surface area contributed by atoms with Gasteiger partial charge in [0.1, 0.15) is 17.7 Å². The number of carbonyl (C=O) groups excluding carboxylic acids is 2. The number of nitrogens with zero attached hydrogens (tertiary/aromatic N) is 3. The molecular formula is C36H40N6O5. The quantitative estimate of drug-likeness (QED) is 0.176. The molecule has 0 bridgehead atoms. The molecule has 0 radical (unpaired) electrons. The minimum atomic E-state index is -0.712. The van der Waals surface area contributed by atoms with E-state index >= 15 is 0 Å². The molecule has 47 heavy (non-hydrogen) atoms. The van der Waals surface area contributed by atoms with Crippen molar-refractivity contribution in [3.8, 4) is 33.6 Å². The zero-order valence-corrected chi connectivity index (χ0v) is 26.8. The summed E-state index contributed by atoms with van der Waals surface area (Å²) in [6, 6.07) is 15.7. The minimum Gasteiger partial charge on any atom is -0.481 e. The second-order valence-corrected chi connectivity index (χ2v) is 13.4. The van der Waals surface area contributed by atoms with Crippen molar-refractivity contribution in [2.75, 3.05) is 13.7 Å². The van der Waals surface area contributed by atoms with E-state index in [4.69, 9.17) is 4.74 Å². The predicted molar refractivity (Wildman–Crippen MR) is 175 cm³/mol. The Morgan fingerprint density at radius 1 is 0.851 bits per heavy atom. The van der Waals surface area contributed by atoms with Crippen LogP contribution < -0.4 is 5.32 Å². The Bertz CT molecular complexity index is 1780. The van der Waals surface area contributed by atoms with Gasteiger partial charge >= 0.3 is 12.1 Å². The fraction of sp³-hybridized carbons (Fsp3) is 0.417. The Labute approximate surface area is 273 Å². The fourth-order valence-corrected chi connectivity index (χ4v) is 7.72. The number of imidazole rings is 2. The maximum absolute atomic E-state index is 13.5. The molecule has 1 saturated heterocycles. The first kappa shape index (κ1) is 30.7. The van der Waals surface area contributed by atoms with E-state index in [9.17, 15) is 19.5 Å². The van der Waals surface area contributed by atoms with Gasteiger partial charge in [-0.05, 0) is 65.7 Å². The molecule has 1 unspecified atom stereocenters. The molecular weight excluding hydrogens is 596 g/mol. The Kier molecular flexibility index (Phi) is 8.07. The lowest BCUT2D eigenvalue weighted by Gasteiger charge is -2.56. The van der Waals surface area contributed by atoms with Crippen LogP contribution in [0.15, 0.2) is 60.9 Å². The summed E-state index contributed by atoms with van der Waals surface area (Å²) in [4.78, 5) is 55.0. The molecule has 11 nitrogen and oxygen atoms in total. The number of methoxy groups -OCH3 is 1. The van der Waals surface area contributed by atoms with Gasteiger partial charge in [-0.15, -0.1) is 0 Å². The lowest BCUT2D eigenvalue weighted by molar-refractivity contribution is -0.163. The van der Waals surface area contributed by atoms with Gasteiger partial charge in [-0.3, -0.25) is 9.59 Å². The largest absolute Gasteiger partial charge is 0.481 e.